The monoisotopic (exact) mass is 400 g/mol. The second-order valence-corrected chi connectivity index (χ2v) is 8.25. The molecule has 0 fully saturated rings. The van der Waals surface area contributed by atoms with Crippen LogP contribution in [0.1, 0.15) is 21.8 Å². The van der Waals surface area contributed by atoms with Gasteiger partial charge in [0, 0.05) is 18.2 Å². The number of hydrogen-bond acceptors (Lipinski definition) is 6. The summed E-state index contributed by atoms with van der Waals surface area (Å²) in [4.78, 5) is 16.8. The summed E-state index contributed by atoms with van der Waals surface area (Å²) in [5, 5.41) is 6.63. The van der Waals surface area contributed by atoms with Crippen molar-refractivity contribution in [2.45, 2.75) is 13.5 Å². The molecule has 2 aromatic carbocycles. The zero-order valence-corrected chi connectivity index (χ0v) is 16.5. The predicted molar refractivity (Wildman–Crippen MR) is 105 cm³/mol. The first-order valence-electron chi connectivity index (χ1n) is 8.47. The fraction of sp³-hybridized carbons (Fsp3) is 0.211. The maximum atomic E-state index is 12.6. The summed E-state index contributed by atoms with van der Waals surface area (Å²) in [5.41, 5.74) is 2.19. The van der Waals surface area contributed by atoms with Crippen LogP contribution in [0, 0.1) is 6.92 Å². The van der Waals surface area contributed by atoms with E-state index in [1.165, 1.54) is 7.05 Å². The lowest BCUT2D eigenvalue weighted by atomic mass is 10.1. The second-order valence-electron chi connectivity index (χ2n) is 6.24. The number of hydrogen-bond donors (Lipinski definition) is 1. The summed E-state index contributed by atoms with van der Waals surface area (Å²) >= 11 is 0. The third-order valence-electron chi connectivity index (χ3n) is 4.29. The van der Waals surface area contributed by atoms with Crippen molar-refractivity contribution >= 4 is 21.6 Å². The van der Waals surface area contributed by atoms with Crippen LogP contribution in [-0.2, 0) is 16.6 Å². The van der Waals surface area contributed by atoms with Gasteiger partial charge < -0.3 is 9.84 Å². The van der Waals surface area contributed by atoms with Gasteiger partial charge in [-0.05, 0) is 24.6 Å². The summed E-state index contributed by atoms with van der Waals surface area (Å²) in [5.74, 6) is 0.354. The van der Waals surface area contributed by atoms with E-state index in [1.54, 1.807) is 25.1 Å². The summed E-state index contributed by atoms with van der Waals surface area (Å²) in [6.07, 6.45) is 1.11. The van der Waals surface area contributed by atoms with Gasteiger partial charge in [0.05, 0.1) is 18.5 Å². The molecule has 0 atom stereocenters. The molecule has 8 nitrogen and oxygen atoms in total. The molecule has 9 heteroatoms. The number of aromatic nitrogens is 2. The van der Waals surface area contributed by atoms with Crippen molar-refractivity contribution < 1.29 is 17.7 Å². The van der Waals surface area contributed by atoms with Crippen molar-refractivity contribution in [1.82, 2.24) is 15.5 Å². The molecule has 0 unspecified atom stereocenters. The van der Waals surface area contributed by atoms with Gasteiger partial charge in [0.25, 0.3) is 5.91 Å². The van der Waals surface area contributed by atoms with Crippen LogP contribution in [0.5, 0.6) is 0 Å². The molecule has 28 heavy (non-hydrogen) atoms. The van der Waals surface area contributed by atoms with E-state index in [2.05, 4.69) is 15.5 Å². The van der Waals surface area contributed by atoms with Crippen LogP contribution >= 0.6 is 0 Å². The molecule has 1 aromatic heterocycles. The average Bonchev–Trinajstić information content (AvgIpc) is 3.15. The number of rotatable bonds is 6. The van der Waals surface area contributed by atoms with Crippen LogP contribution in [0.25, 0.3) is 11.4 Å². The largest absolute Gasteiger partial charge is 0.343 e. The Hall–Kier alpha value is -3.20. The number of carbonyl (C=O) groups is 1. The van der Waals surface area contributed by atoms with Gasteiger partial charge in [0.15, 0.2) is 0 Å². The number of amides is 1. The zero-order valence-electron chi connectivity index (χ0n) is 15.7. The van der Waals surface area contributed by atoms with Crippen LogP contribution < -0.4 is 9.62 Å². The minimum absolute atomic E-state index is 0.0598. The number of nitrogens with zero attached hydrogens (tertiary/aromatic N) is 3. The van der Waals surface area contributed by atoms with E-state index in [0.717, 1.165) is 16.1 Å². The van der Waals surface area contributed by atoms with Crippen molar-refractivity contribution in [2.24, 2.45) is 0 Å². The number of nitrogens with one attached hydrogen (secondary N) is 1. The summed E-state index contributed by atoms with van der Waals surface area (Å²) < 4.78 is 29.9. The predicted octanol–water partition coefficient (Wildman–Crippen LogP) is 2.37. The first-order valence-corrected chi connectivity index (χ1v) is 10.3. The maximum Gasteiger partial charge on any atom is 0.252 e. The molecule has 1 amide bonds. The van der Waals surface area contributed by atoms with E-state index in [4.69, 9.17) is 4.52 Å². The SMILES string of the molecule is Cc1c(C(=O)NCc2nc(-c3ccccc3)no2)cccc1N(C)S(C)(=O)=O. The van der Waals surface area contributed by atoms with Crippen LogP contribution in [-0.4, -0.2) is 37.8 Å². The molecule has 0 aliphatic rings. The summed E-state index contributed by atoms with van der Waals surface area (Å²) in [6, 6.07) is 14.3. The summed E-state index contributed by atoms with van der Waals surface area (Å²) in [6.45, 7) is 1.76. The van der Waals surface area contributed by atoms with Gasteiger partial charge in [-0.15, -0.1) is 0 Å². The first kappa shape index (κ1) is 19.6. The molecule has 3 rings (SSSR count). The molecular weight excluding hydrogens is 380 g/mol. The molecule has 146 valence electrons. The Kier molecular flexibility index (Phi) is 5.46. The normalized spacial score (nSPS) is 11.2. The van der Waals surface area contributed by atoms with E-state index < -0.39 is 10.0 Å². The Labute approximate surface area is 163 Å². The smallest absolute Gasteiger partial charge is 0.252 e. The molecule has 0 radical (unpaired) electrons. The van der Waals surface area contributed by atoms with Crippen LogP contribution in [0.3, 0.4) is 0 Å². The lowest BCUT2D eigenvalue weighted by molar-refractivity contribution is 0.0945. The lowest BCUT2D eigenvalue weighted by Crippen LogP contribution is -2.28. The van der Waals surface area contributed by atoms with Gasteiger partial charge >= 0.3 is 0 Å². The highest BCUT2D eigenvalue weighted by molar-refractivity contribution is 7.92. The van der Waals surface area contributed by atoms with Crippen molar-refractivity contribution in [3.05, 3.63) is 65.5 Å². The zero-order chi connectivity index (χ0) is 20.3. The van der Waals surface area contributed by atoms with Crippen LogP contribution in [0.2, 0.25) is 0 Å². The molecule has 1 heterocycles. The van der Waals surface area contributed by atoms with Crippen molar-refractivity contribution in [3.8, 4) is 11.4 Å². The van der Waals surface area contributed by atoms with Gasteiger partial charge in [0.2, 0.25) is 21.7 Å². The van der Waals surface area contributed by atoms with Crippen molar-refractivity contribution in [3.63, 3.8) is 0 Å². The van der Waals surface area contributed by atoms with E-state index in [0.29, 0.717) is 22.6 Å². The minimum Gasteiger partial charge on any atom is -0.343 e. The molecule has 0 saturated heterocycles. The number of sulfonamides is 1. The van der Waals surface area contributed by atoms with Crippen molar-refractivity contribution in [1.29, 1.82) is 0 Å². The number of benzene rings is 2. The van der Waals surface area contributed by atoms with E-state index >= 15 is 0 Å². The fourth-order valence-corrected chi connectivity index (χ4v) is 3.23. The fourth-order valence-electron chi connectivity index (χ4n) is 2.67. The van der Waals surface area contributed by atoms with E-state index in [9.17, 15) is 13.2 Å². The second kappa shape index (κ2) is 7.81. The Balaban J connectivity index is 1.73. The average molecular weight is 400 g/mol. The van der Waals surface area contributed by atoms with Gasteiger partial charge in [-0.25, -0.2) is 8.42 Å². The van der Waals surface area contributed by atoms with Gasteiger partial charge in [-0.2, -0.15) is 4.98 Å². The van der Waals surface area contributed by atoms with Crippen LogP contribution in [0.4, 0.5) is 5.69 Å². The Bertz CT molecular complexity index is 1090. The molecule has 0 saturated carbocycles. The Morgan fingerprint density at radius 3 is 2.54 bits per heavy atom. The molecule has 0 aliphatic heterocycles. The molecule has 0 bridgehead atoms. The highest BCUT2D eigenvalue weighted by atomic mass is 32.2. The molecule has 1 N–H and O–H groups in total. The molecular formula is C19H20N4O4S. The maximum absolute atomic E-state index is 12.6. The third kappa shape index (κ3) is 4.20. The Morgan fingerprint density at radius 2 is 1.86 bits per heavy atom. The number of carbonyl (C=O) groups excluding carboxylic acids is 1. The van der Waals surface area contributed by atoms with Crippen LogP contribution in [0.15, 0.2) is 53.1 Å². The molecule has 3 aromatic rings. The third-order valence-corrected chi connectivity index (χ3v) is 5.48. The minimum atomic E-state index is -3.43. The summed E-state index contributed by atoms with van der Waals surface area (Å²) in [7, 11) is -1.98. The van der Waals surface area contributed by atoms with Gasteiger partial charge in [-0.3, -0.25) is 9.10 Å². The molecule has 0 aliphatic carbocycles. The van der Waals surface area contributed by atoms with E-state index in [-0.39, 0.29) is 18.3 Å². The van der Waals surface area contributed by atoms with Gasteiger partial charge in [0.1, 0.15) is 0 Å². The quantitative estimate of drug-likeness (QED) is 0.681. The Morgan fingerprint density at radius 1 is 1.14 bits per heavy atom. The highest BCUT2D eigenvalue weighted by Crippen LogP contribution is 2.24. The first-order chi connectivity index (χ1) is 13.3. The van der Waals surface area contributed by atoms with Gasteiger partial charge in [-0.1, -0.05) is 41.6 Å². The lowest BCUT2D eigenvalue weighted by Gasteiger charge is -2.20. The number of anilines is 1. The molecule has 0 spiro atoms. The van der Waals surface area contributed by atoms with Crippen molar-refractivity contribution in [2.75, 3.05) is 17.6 Å². The topological polar surface area (TPSA) is 105 Å². The van der Waals surface area contributed by atoms with E-state index in [1.807, 2.05) is 30.3 Å². The standard InChI is InChI=1S/C19H20N4O4S/c1-13-15(10-7-11-16(13)23(2)28(3,25)26)19(24)20-12-17-21-18(22-27-17)14-8-5-4-6-9-14/h4-11H,12H2,1-3H3,(H,20,24). The highest BCUT2D eigenvalue weighted by Gasteiger charge is 2.19.